The summed E-state index contributed by atoms with van der Waals surface area (Å²) in [5, 5.41) is 3.21. The molecule has 1 amide bonds. The molecule has 0 saturated carbocycles. The Morgan fingerprint density at radius 3 is 2.67 bits per heavy atom. The third kappa shape index (κ3) is 5.11. The normalized spacial score (nSPS) is 20.1. The molecule has 30 heavy (non-hydrogen) atoms. The van der Waals surface area contributed by atoms with Crippen molar-refractivity contribution in [3.05, 3.63) is 60.7 Å². The van der Waals surface area contributed by atoms with Crippen molar-refractivity contribution < 1.29 is 9.53 Å². The van der Waals surface area contributed by atoms with Gasteiger partial charge in [0.1, 0.15) is 5.75 Å². The fourth-order valence-electron chi connectivity index (χ4n) is 4.63. The average molecular weight is 405 g/mol. The number of methoxy groups -OCH3 is 1. The van der Waals surface area contributed by atoms with Crippen molar-refractivity contribution >= 4 is 11.6 Å². The molecule has 1 N–H and O–H groups in total. The van der Waals surface area contributed by atoms with Crippen molar-refractivity contribution in [2.75, 3.05) is 32.1 Å². The number of ether oxygens (including phenoxy) is 1. The molecule has 1 heterocycles. The molecule has 1 saturated heterocycles. The first kappa shape index (κ1) is 20.7. The predicted molar refractivity (Wildman–Crippen MR) is 123 cm³/mol. The summed E-state index contributed by atoms with van der Waals surface area (Å²) >= 11 is 0. The molecular weight excluding hydrogens is 372 g/mol. The van der Waals surface area contributed by atoms with Gasteiger partial charge in [0, 0.05) is 23.7 Å². The van der Waals surface area contributed by atoms with Gasteiger partial charge in [0.25, 0.3) is 0 Å². The SMILES string of the molecule is COc1cccc(-c2ccccc2NC(=O)C2CCN(CC3CC=CCC3)CC2)c1. The van der Waals surface area contributed by atoms with Gasteiger partial charge in [0.2, 0.25) is 5.91 Å². The fourth-order valence-corrected chi connectivity index (χ4v) is 4.63. The zero-order valence-corrected chi connectivity index (χ0v) is 17.8. The number of likely N-dealkylation sites (tertiary alicyclic amines) is 1. The number of nitrogens with one attached hydrogen (secondary N) is 1. The molecule has 4 heteroatoms. The number of hydrogen-bond acceptors (Lipinski definition) is 3. The van der Waals surface area contributed by atoms with E-state index in [0.717, 1.165) is 54.4 Å². The number of carbonyl (C=O) groups is 1. The van der Waals surface area contributed by atoms with Crippen molar-refractivity contribution in [2.45, 2.75) is 32.1 Å². The summed E-state index contributed by atoms with van der Waals surface area (Å²) in [5.74, 6) is 1.83. The van der Waals surface area contributed by atoms with Crippen LogP contribution in [-0.4, -0.2) is 37.6 Å². The van der Waals surface area contributed by atoms with Crippen LogP contribution < -0.4 is 10.1 Å². The summed E-state index contributed by atoms with van der Waals surface area (Å²) in [7, 11) is 1.67. The van der Waals surface area contributed by atoms with Crippen molar-refractivity contribution in [2.24, 2.45) is 11.8 Å². The Hall–Kier alpha value is -2.59. The van der Waals surface area contributed by atoms with Gasteiger partial charge in [-0.05, 0) is 74.9 Å². The van der Waals surface area contributed by atoms with Gasteiger partial charge >= 0.3 is 0 Å². The van der Waals surface area contributed by atoms with Crippen LogP contribution in [0.2, 0.25) is 0 Å². The number of benzene rings is 2. The number of nitrogens with zero attached hydrogens (tertiary/aromatic N) is 1. The predicted octanol–water partition coefficient (Wildman–Crippen LogP) is 5.37. The lowest BCUT2D eigenvalue weighted by molar-refractivity contribution is -0.121. The van der Waals surface area contributed by atoms with E-state index in [9.17, 15) is 4.79 Å². The molecule has 0 radical (unpaired) electrons. The Balaban J connectivity index is 1.36. The maximum absolute atomic E-state index is 13.0. The number of hydrogen-bond donors (Lipinski definition) is 1. The van der Waals surface area contributed by atoms with Gasteiger partial charge in [-0.3, -0.25) is 4.79 Å². The van der Waals surface area contributed by atoms with E-state index in [1.54, 1.807) is 7.11 Å². The molecular formula is C26H32N2O2. The van der Waals surface area contributed by atoms with Crippen molar-refractivity contribution in [1.29, 1.82) is 0 Å². The van der Waals surface area contributed by atoms with Crippen molar-refractivity contribution in [1.82, 2.24) is 4.90 Å². The molecule has 2 aromatic rings. The summed E-state index contributed by atoms with van der Waals surface area (Å²) in [6, 6.07) is 16.0. The zero-order chi connectivity index (χ0) is 20.8. The number of rotatable bonds is 6. The second-order valence-electron chi connectivity index (χ2n) is 8.49. The van der Waals surface area contributed by atoms with E-state index in [4.69, 9.17) is 4.74 Å². The first-order valence-corrected chi connectivity index (χ1v) is 11.1. The van der Waals surface area contributed by atoms with Crippen LogP contribution in [0.15, 0.2) is 60.7 Å². The monoisotopic (exact) mass is 404 g/mol. The summed E-state index contributed by atoms with van der Waals surface area (Å²) in [4.78, 5) is 15.6. The van der Waals surface area contributed by atoms with E-state index in [2.05, 4.69) is 22.4 Å². The number of carbonyl (C=O) groups excluding carboxylic acids is 1. The van der Waals surface area contributed by atoms with Gasteiger partial charge in [-0.25, -0.2) is 0 Å². The minimum Gasteiger partial charge on any atom is -0.497 e. The standard InChI is InChI=1S/C26H32N2O2/c1-30-23-11-7-10-22(18-23)24-12-5-6-13-25(24)27-26(29)21-14-16-28(17-15-21)19-20-8-3-2-4-9-20/h2-3,5-7,10-13,18,20-21H,4,8-9,14-17,19H2,1H3,(H,27,29). The van der Waals surface area contributed by atoms with Gasteiger partial charge in [0.05, 0.1) is 7.11 Å². The number of piperidine rings is 1. The Kier molecular flexibility index (Phi) is 6.85. The highest BCUT2D eigenvalue weighted by Crippen LogP contribution is 2.31. The zero-order valence-electron chi connectivity index (χ0n) is 17.8. The third-order valence-corrected chi connectivity index (χ3v) is 6.42. The average Bonchev–Trinajstić information content (AvgIpc) is 2.80. The Bertz CT molecular complexity index is 884. The molecule has 2 aliphatic rings. The Morgan fingerprint density at radius 2 is 1.90 bits per heavy atom. The largest absolute Gasteiger partial charge is 0.497 e. The number of para-hydroxylation sites is 1. The number of anilines is 1. The molecule has 1 fully saturated rings. The van der Waals surface area contributed by atoms with E-state index < -0.39 is 0 Å². The smallest absolute Gasteiger partial charge is 0.227 e. The molecule has 0 bridgehead atoms. The minimum atomic E-state index is 0.0888. The maximum atomic E-state index is 13.0. The van der Waals surface area contributed by atoms with Crippen LogP contribution in [-0.2, 0) is 4.79 Å². The van der Waals surface area contributed by atoms with Gasteiger partial charge in [-0.2, -0.15) is 0 Å². The van der Waals surface area contributed by atoms with E-state index in [0.29, 0.717) is 0 Å². The van der Waals surface area contributed by atoms with Crippen LogP contribution in [0.25, 0.3) is 11.1 Å². The highest BCUT2D eigenvalue weighted by Gasteiger charge is 2.26. The summed E-state index contributed by atoms with van der Waals surface area (Å²) in [6.45, 7) is 3.23. The summed E-state index contributed by atoms with van der Waals surface area (Å²) < 4.78 is 5.36. The van der Waals surface area contributed by atoms with Crippen LogP contribution in [0.4, 0.5) is 5.69 Å². The number of allylic oxidation sites excluding steroid dienone is 2. The molecule has 158 valence electrons. The van der Waals surface area contributed by atoms with Gasteiger partial charge < -0.3 is 15.0 Å². The molecule has 0 spiro atoms. The molecule has 1 atom stereocenters. The van der Waals surface area contributed by atoms with E-state index >= 15 is 0 Å². The lowest BCUT2D eigenvalue weighted by atomic mass is 9.91. The van der Waals surface area contributed by atoms with Gasteiger partial charge in [-0.1, -0.05) is 42.5 Å². The van der Waals surface area contributed by atoms with Crippen LogP contribution in [0.3, 0.4) is 0 Å². The highest BCUT2D eigenvalue weighted by molar-refractivity contribution is 5.96. The second-order valence-corrected chi connectivity index (χ2v) is 8.49. The topological polar surface area (TPSA) is 41.6 Å². The first-order chi connectivity index (χ1) is 14.7. The highest BCUT2D eigenvalue weighted by atomic mass is 16.5. The van der Waals surface area contributed by atoms with E-state index in [1.807, 2.05) is 48.5 Å². The van der Waals surface area contributed by atoms with Gasteiger partial charge in [-0.15, -0.1) is 0 Å². The van der Waals surface area contributed by atoms with Crippen LogP contribution in [0, 0.1) is 11.8 Å². The van der Waals surface area contributed by atoms with Crippen molar-refractivity contribution in [3.8, 4) is 16.9 Å². The lowest BCUT2D eigenvalue weighted by Crippen LogP contribution is -2.40. The second kappa shape index (κ2) is 9.94. The molecule has 0 aromatic heterocycles. The Morgan fingerprint density at radius 1 is 1.07 bits per heavy atom. The molecule has 2 aromatic carbocycles. The molecule has 4 rings (SSSR count). The van der Waals surface area contributed by atoms with Crippen LogP contribution in [0.5, 0.6) is 5.75 Å². The lowest BCUT2D eigenvalue weighted by Gasteiger charge is -2.34. The quantitative estimate of drug-likeness (QED) is 0.658. The minimum absolute atomic E-state index is 0.0888. The summed E-state index contributed by atoms with van der Waals surface area (Å²) in [6.07, 6.45) is 10.2. The molecule has 4 nitrogen and oxygen atoms in total. The first-order valence-electron chi connectivity index (χ1n) is 11.1. The van der Waals surface area contributed by atoms with Crippen molar-refractivity contribution in [3.63, 3.8) is 0 Å². The Labute approximate surface area is 179 Å². The molecule has 1 aliphatic heterocycles. The summed E-state index contributed by atoms with van der Waals surface area (Å²) in [5.41, 5.74) is 2.93. The van der Waals surface area contributed by atoms with E-state index in [1.165, 1.54) is 25.8 Å². The molecule has 1 aliphatic carbocycles. The van der Waals surface area contributed by atoms with Crippen LogP contribution in [0.1, 0.15) is 32.1 Å². The van der Waals surface area contributed by atoms with E-state index in [-0.39, 0.29) is 11.8 Å². The maximum Gasteiger partial charge on any atom is 0.227 e. The number of amides is 1. The fraction of sp³-hybridized carbons (Fsp3) is 0.423. The third-order valence-electron chi connectivity index (χ3n) is 6.42. The molecule has 1 unspecified atom stereocenters. The van der Waals surface area contributed by atoms with Gasteiger partial charge in [0.15, 0.2) is 0 Å². The van der Waals surface area contributed by atoms with Crippen LogP contribution >= 0.6 is 0 Å².